The molecule has 0 spiro atoms. The average Bonchev–Trinajstić information content (AvgIpc) is 2.46. The second-order valence-electron chi connectivity index (χ2n) is 4.98. The molecule has 20 heavy (non-hydrogen) atoms. The van der Waals surface area contributed by atoms with E-state index in [9.17, 15) is 4.39 Å². The highest BCUT2D eigenvalue weighted by Crippen LogP contribution is 2.21. The zero-order valence-electron chi connectivity index (χ0n) is 12.7. The van der Waals surface area contributed by atoms with Crippen molar-refractivity contribution in [3.63, 3.8) is 0 Å². The normalized spacial score (nSPS) is 12.4. The highest BCUT2D eigenvalue weighted by Gasteiger charge is 2.08. The van der Waals surface area contributed by atoms with Gasteiger partial charge in [0.25, 0.3) is 0 Å². The molecule has 1 rings (SSSR count). The molecule has 1 aromatic rings. The van der Waals surface area contributed by atoms with Gasteiger partial charge in [0.1, 0.15) is 0 Å². The minimum absolute atomic E-state index is 0.168. The van der Waals surface area contributed by atoms with Gasteiger partial charge in [-0.25, -0.2) is 4.39 Å². The Morgan fingerprint density at radius 3 is 2.65 bits per heavy atom. The van der Waals surface area contributed by atoms with E-state index in [0.717, 1.165) is 12.1 Å². The van der Waals surface area contributed by atoms with E-state index >= 15 is 0 Å². The lowest BCUT2D eigenvalue weighted by atomic mass is 10.1. The Hall–Kier alpha value is -0.740. The van der Waals surface area contributed by atoms with Crippen molar-refractivity contribution in [2.24, 2.45) is 0 Å². The quantitative estimate of drug-likeness (QED) is 0.647. The number of hydrogen-bond acceptors (Lipinski definition) is 3. The number of methoxy groups -OCH3 is 1. The fourth-order valence-corrected chi connectivity index (χ4v) is 2.61. The van der Waals surface area contributed by atoms with Gasteiger partial charge in [-0.2, -0.15) is 11.8 Å². The van der Waals surface area contributed by atoms with Crippen LogP contribution in [0, 0.1) is 5.82 Å². The molecule has 1 unspecified atom stereocenters. The molecule has 0 heterocycles. The Labute approximate surface area is 126 Å². The van der Waals surface area contributed by atoms with Gasteiger partial charge in [-0.3, -0.25) is 0 Å². The van der Waals surface area contributed by atoms with Crippen LogP contribution in [-0.2, 0) is 0 Å². The van der Waals surface area contributed by atoms with E-state index in [2.05, 4.69) is 18.5 Å². The zero-order chi connectivity index (χ0) is 14.8. The van der Waals surface area contributed by atoms with Crippen LogP contribution in [0.4, 0.5) is 4.39 Å². The van der Waals surface area contributed by atoms with E-state index in [-0.39, 0.29) is 11.9 Å². The number of nitrogens with one attached hydrogen (secondary N) is 1. The fraction of sp³-hybridized carbons (Fsp3) is 0.625. The summed E-state index contributed by atoms with van der Waals surface area (Å²) in [4.78, 5) is 0. The lowest BCUT2D eigenvalue weighted by Crippen LogP contribution is -2.20. The molecule has 2 nitrogen and oxygen atoms in total. The number of ether oxygens (including phenoxy) is 1. The third-order valence-corrected chi connectivity index (χ3v) is 4.10. The predicted molar refractivity (Wildman–Crippen MR) is 86.2 cm³/mol. The second kappa shape index (κ2) is 10.1. The van der Waals surface area contributed by atoms with Gasteiger partial charge >= 0.3 is 0 Å². The summed E-state index contributed by atoms with van der Waals surface area (Å²) in [6.45, 7) is 3.04. The van der Waals surface area contributed by atoms with Gasteiger partial charge in [0, 0.05) is 6.04 Å². The van der Waals surface area contributed by atoms with Crippen LogP contribution in [0.15, 0.2) is 18.2 Å². The fourth-order valence-electron chi connectivity index (χ4n) is 2.11. The van der Waals surface area contributed by atoms with Crippen LogP contribution < -0.4 is 10.1 Å². The van der Waals surface area contributed by atoms with Crippen molar-refractivity contribution in [1.29, 1.82) is 0 Å². The maximum Gasteiger partial charge on any atom is 0.165 e. The molecule has 0 amide bonds. The summed E-state index contributed by atoms with van der Waals surface area (Å²) >= 11 is 1.91. The lowest BCUT2D eigenvalue weighted by Gasteiger charge is -2.15. The average molecular weight is 299 g/mol. The van der Waals surface area contributed by atoms with E-state index < -0.39 is 0 Å². The highest BCUT2D eigenvalue weighted by molar-refractivity contribution is 7.98. The smallest absolute Gasteiger partial charge is 0.165 e. The van der Waals surface area contributed by atoms with Crippen LogP contribution in [0.2, 0.25) is 0 Å². The number of rotatable bonds is 10. The number of thioether (sulfide) groups is 1. The molecule has 0 fully saturated rings. The van der Waals surface area contributed by atoms with Crippen LogP contribution in [0.5, 0.6) is 5.75 Å². The molecule has 0 aromatic heterocycles. The van der Waals surface area contributed by atoms with Gasteiger partial charge in [-0.05, 0) is 56.0 Å². The molecular weight excluding hydrogens is 273 g/mol. The first-order valence-corrected chi connectivity index (χ1v) is 8.64. The minimum atomic E-state index is -0.296. The largest absolute Gasteiger partial charge is 0.494 e. The summed E-state index contributed by atoms with van der Waals surface area (Å²) < 4.78 is 18.5. The van der Waals surface area contributed by atoms with E-state index in [1.165, 1.54) is 38.5 Å². The topological polar surface area (TPSA) is 21.3 Å². The molecule has 4 heteroatoms. The van der Waals surface area contributed by atoms with E-state index in [0.29, 0.717) is 5.75 Å². The number of hydrogen-bond donors (Lipinski definition) is 1. The molecule has 0 aliphatic heterocycles. The third kappa shape index (κ3) is 6.14. The molecular formula is C16H26FNOS. The molecule has 1 N–H and O–H groups in total. The molecule has 0 saturated carbocycles. The van der Waals surface area contributed by atoms with Gasteiger partial charge < -0.3 is 10.1 Å². The standard InChI is InChI=1S/C16H26FNOS/c1-13(18-10-6-4-5-7-11-20-3)14-8-9-16(19-2)15(17)12-14/h8-9,12-13,18H,4-7,10-11H2,1-3H3. The predicted octanol–water partition coefficient (Wildman–Crippen LogP) is 4.41. The van der Waals surface area contributed by atoms with Crippen LogP contribution in [-0.4, -0.2) is 25.7 Å². The first-order chi connectivity index (χ1) is 9.69. The molecule has 1 atom stereocenters. The number of benzene rings is 1. The molecule has 0 radical (unpaired) electrons. The second-order valence-corrected chi connectivity index (χ2v) is 5.96. The van der Waals surface area contributed by atoms with Gasteiger partial charge in [0.2, 0.25) is 0 Å². The Kier molecular flexibility index (Phi) is 8.70. The van der Waals surface area contributed by atoms with Crippen LogP contribution in [0.3, 0.4) is 0 Å². The summed E-state index contributed by atoms with van der Waals surface area (Å²) in [5.41, 5.74) is 0.964. The van der Waals surface area contributed by atoms with Crippen molar-refractivity contribution in [2.45, 2.75) is 38.6 Å². The summed E-state index contributed by atoms with van der Waals surface area (Å²) in [7, 11) is 1.48. The molecule has 114 valence electrons. The van der Waals surface area contributed by atoms with Crippen molar-refractivity contribution in [1.82, 2.24) is 5.32 Å². The van der Waals surface area contributed by atoms with E-state index in [1.807, 2.05) is 17.8 Å². The zero-order valence-corrected chi connectivity index (χ0v) is 13.6. The van der Waals surface area contributed by atoms with Crippen molar-refractivity contribution in [3.8, 4) is 5.75 Å². The summed E-state index contributed by atoms with van der Waals surface area (Å²) in [5.74, 6) is 1.26. The first-order valence-electron chi connectivity index (χ1n) is 7.24. The highest BCUT2D eigenvalue weighted by atomic mass is 32.2. The monoisotopic (exact) mass is 299 g/mol. The van der Waals surface area contributed by atoms with Crippen LogP contribution >= 0.6 is 11.8 Å². The van der Waals surface area contributed by atoms with Gasteiger partial charge in [0.05, 0.1) is 7.11 Å². The van der Waals surface area contributed by atoms with Gasteiger partial charge in [0.15, 0.2) is 11.6 Å². The molecule has 0 aliphatic carbocycles. The van der Waals surface area contributed by atoms with E-state index in [1.54, 1.807) is 12.1 Å². The number of unbranched alkanes of at least 4 members (excludes halogenated alkanes) is 3. The van der Waals surface area contributed by atoms with Crippen molar-refractivity contribution in [3.05, 3.63) is 29.6 Å². The lowest BCUT2D eigenvalue weighted by molar-refractivity contribution is 0.385. The molecule has 0 aliphatic rings. The minimum Gasteiger partial charge on any atom is -0.494 e. The van der Waals surface area contributed by atoms with Crippen molar-refractivity contribution < 1.29 is 9.13 Å². The van der Waals surface area contributed by atoms with Crippen LogP contribution in [0.1, 0.15) is 44.2 Å². The SMILES string of the molecule is COc1ccc(C(C)NCCCCCCSC)cc1F. The van der Waals surface area contributed by atoms with Gasteiger partial charge in [-0.15, -0.1) is 0 Å². The number of halogens is 1. The molecule has 0 saturated heterocycles. The maximum absolute atomic E-state index is 13.6. The maximum atomic E-state index is 13.6. The molecule has 0 bridgehead atoms. The summed E-state index contributed by atoms with van der Waals surface area (Å²) in [6.07, 6.45) is 7.19. The Morgan fingerprint density at radius 2 is 2.00 bits per heavy atom. The van der Waals surface area contributed by atoms with E-state index in [4.69, 9.17) is 4.74 Å². The first kappa shape index (κ1) is 17.3. The third-order valence-electron chi connectivity index (χ3n) is 3.40. The van der Waals surface area contributed by atoms with Gasteiger partial charge in [-0.1, -0.05) is 18.9 Å². The molecule has 1 aromatic carbocycles. The summed E-state index contributed by atoms with van der Waals surface area (Å²) in [6, 6.07) is 5.32. The van der Waals surface area contributed by atoms with Crippen LogP contribution in [0.25, 0.3) is 0 Å². The van der Waals surface area contributed by atoms with Crippen molar-refractivity contribution in [2.75, 3.05) is 25.7 Å². The Morgan fingerprint density at radius 1 is 1.25 bits per heavy atom. The Bertz CT molecular complexity index is 387. The Balaban J connectivity index is 2.25. The summed E-state index contributed by atoms with van der Waals surface area (Å²) in [5, 5.41) is 3.44. The van der Waals surface area contributed by atoms with Crippen molar-refractivity contribution >= 4 is 11.8 Å².